The molecule has 0 bridgehead atoms. The maximum Gasteiger partial charge on any atom is 0.254 e. The smallest absolute Gasteiger partial charge is 0.254 e. The third-order valence-corrected chi connectivity index (χ3v) is 7.83. The van der Waals surface area contributed by atoms with E-state index in [0.717, 1.165) is 18.4 Å². The summed E-state index contributed by atoms with van der Waals surface area (Å²) in [6.07, 6.45) is 2.05. The van der Waals surface area contributed by atoms with E-state index in [1.54, 1.807) is 30.2 Å². The van der Waals surface area contributed by atoms with E-state index in [1.807, 2.05) is 12.1 Å². The minimum Gasteiger partial charge on any atom is -0.497 e. The third-order valence-electron chi connectivity index (χ3n) is 7.55. The number of aliphatic hydroxyl groups is 2. The van der Waals surface area contributed by atoms with Gasteiger partial charge >= 0.3 is 0 Å². The fraction of sp³-hybridized carbons (Fsp3) is 0.414. The van der Waals surface area contributed by atoms with E-state index >= 15 is 0 Å². The first-order chi connectivity index (χ1) is 19.8. The summed E-state index contributed by atoms with van der Waals surface area (Å²) in [6, 6.07) is 8.30. The number of nitrogens with zero attached hydrogens (tertiary/aromatic N) is 3. The Morgan fingerprint density at radius 3 is 2.76 bits per heavy atom. The van der Waals surface area contributed by atoms with Crippen LogP contribution in [0.1, 0.15) is 47.3 Å². The van der Waals surface area contributed by atoms with E-state index in [2.05, 4.69) is 20.6 Å². The van der Waals surface area contributed by atoms with Gasteiger partial charge in [-0.1, -0.05) is 23.7 Å². The van der Waals surface area contributed by atoms with Gasteiger partial charge in [0.15, 0.2) is 0 Å². The first-order valence-electron chi connectivity index (χ1n) is 13.5. The maximum atomic E-state index is 14.0. The highest BCUT2D eigenvalue weighted by atomic mass is 35.5. The first kappa shape index (κ1) is 29.2. The Morgan fingerprint density at radius 1 is 1.24 bits per heavy atom. The van der Waals surface area contributed by atoms with Crippen molar-refractivity contribution in [2.45, 2.75) is 50.7 Å². The van der Waals surface area contributed by atoms with Crippen molar-refractivity contribution in [3.05, 3.63) is 70.1 Å². The lowest BCUT2D eigenvalue weighted by atomic mass is 10.0. The fourth-order valence-corrected chi connectivity index (χ4v) is 5.34. The van der Waals surface area contributed by atoms with Crippen molar-refractivity contribution in [3.63, 3.8) is 0 Å². The molecule has 3 atom stereocenters. The molecular formula is C29H33ClFN5O5. The van der Waals surface area contributed by atoms with Crippen LogP contribution in [-0.2, 0) is 11.3 Å². The summed E-state index contributed by atoms with van der Waals surface area (Å²) < 4.78 is 24.6. The Labute approximate surface area is 242 Å². The average Bonchev–Trinajstić information content (AvgIpc) is 3.31. The second-order valence-corrected chi connectivity index (χ2v) is 10.6. The highest BCUT2D eigenvalue weighted by Gasteiger charge is 2.35. The molecular weight excluding hydrogens is 553 g/mol. The molecule has 12 heteroatoms. The van der Waals surface area contributed by atoms with Crippen LogP contribution in [0.4, 0.5) is 10.3 Å². The number of aromatic nitrogens is 2. The summed E-state index contributed by atoms with van der Waals surface area (Å²) in [6.45, 7) is 2.96. The van der Waals surface area contributed by atoms with Gasteiger partial charge in [-0.05, 0) is 49.1 Å². The molecule has 0 saturated carbocycles. The molecule has 0 spiro atoms. The Morgan fingerprint density at radius 2 is 2.02 bits per heavy atom. The van der Waals surface area contributed by atoms with Crippen molar-refractivity contribution in [1.29, 1.82) is 0 Å². The molecule has 1 saturated heterocycles. The van der Waals surface area contributed by atoms with E-state index in [0.29, 0.717) is 58.9 Å². The van der Waals surface area contributed by atoms with Crippen molar-refractivity contribution in [2.75, 3.05) is 32.2 Å². The van der Waals surface area contributed by atoms with Crippen molar-refractivity contribution in [2.24, 2.45) is 0 Å². The summed E-state index contributed by atoms with van der Waals surface area (Å²) in [5.74, 6) is -0.0340. The number of rotatable bonds is 10. The summed E-state index contributed by atoms with van der Waals surface area (Å²) in [7, 11) is 1.42. The van der Waals surface area contributed by atoms with Crippen molar-refractivity contribution in [3.8, 4) is 17.0 Å². The van der Waals surface area contributed by atoms with Gasteiger partial charge in [-0.25, -0.2) is 14.4 Å². The zero-order valence-corrected chi connectivity index (χ0v) is 23.6. The monoisotopic (exact) mass is 585 g/mol. The summed E-state index contributed by atoms with van der Waals surface area (Å²) in [5.41, 5.74) is 2.88. The number of nitrogens with one attached hydrogen (secondary N) is 2. The van der Waals surface area contributed by atoms with Gasteiger partial charge in [0.2, 0.25) is 5.95 Å². The highest BCUT2D eigenvalue weighted by Crippen LogP contribution is 2.33. The normalized spacial score (nSPS) is 17.7. The molecule has 2 aliphatic rings. The summed E-state index contributed by atoms with van der Waals surface area (Å²) in [5, 5.41) is 27.5. The van der Waals surface area contributed by atoms with Crippen LogP contribution in [0, 0.1) is 5.82 Å². The topological polar surface area (TPSA) is 129 Å². The van der Waals surface area contributed by atoms with Crippen LogP contribution in [0.25, 0.3) is 11.3 Å². The van der Waals surface area contributed by atoms with Gasteiger partial charge in [-0.3, -0.25) is 10.1 Å². The molecule has 10 nitrogen and oxygen atoms in total. The Bertz CT molecular complexity index is 1410. The van der Waals surface area contributed by atoms with Gasteiger partial charge in [-0.2, -0.15) is 0 Å². The predicted octanol–water partition coefficient (Wildman–Crippen LogP) is 3.52. The predicted molar refractivity (Wildman–Crippen MR) is 151 cm³/mol. The number of carbonyl (C=O) groups excluding carboxylic acids is 1. The number of benzene rings is 2. The Kier molecular flexibility index (Phi) is 9.00. The summed E-state index contributed by atoms with van der Waals surface area (Å²) >= 11 is 6.46. The minimum atomic E-state index is -1.21. The fourth-order valence-electron chi connectivity index (χ4n) is 5.14. The molecule has 0 radical (unpaired) electrons. The second-order valence-electron chi connectivity index (χ2n) is 10.2. The maximum absolute atomic E-state index is 14.0. The van der Waals surface area contributed by atoms with Gasteiger partial charge in [-0.15, -0.1) is 0 Å². The molecule has 5 rings (SSSR count). The SMILES string of the molecule is COc1cc(F)cc([C@@H](CO)NC(O)[C@@H](C)N2Cc3ccc(-c4nc(NC5CCOCC5)ncc4Cl)cc3C2=O)c1. The second kappa shape index (κ2) is 12.7. The zero-order valence-electron chi connectivity index (χ0n) is 22.8. The van der Waals surface area contributed by atoms with Gasteiger partial charge < -0.3 is 29.9 Å². The molecule has 1 aromatic heterocycles. The lowest BCUT2D eigenvalue weighted by Gasteiger charge is -2.31. The standard InChI is InChI=1S/C29H33ClFN5O5/c1-16(27(38)34-25(15-37)19-9-20(31)12-22(10-19)40-2)36-14-18-4-3-17(11-23(18)28(36)39)26-24(30)13-32-29(35-26)33-21-5-7-41-8-6-21/h3-4,9-13,16,21,25,27,34,37-38H,5-8,14-15H2,1-2H3,(H,32,33,35)/t16-,25-,27?/m1/s1. The molecule has 2 aliphatic heterocycles. The molecule has 4 N–H and O–H groups in total. The molecule has 3 aromatic rings. The van der Waals surface area contributed by atoms with Crippen LogP contribution in [0.15, 0.2) is 42.6 Å². The number of methoxy groups -OCH3 is 1. The molecule has 1 fully saturated rings. The Balaban J connectivity index is 1.30. The largest absolute Gasteiger partial charge is 0.497 e. The van der Waals surface area contributed by atoms with Gasteiger partial charge in [0.25, 0.3) is 5.91 Å². The number of fused-ring (bicyclic) bond motifs is 1. The number of halogens is 2. The molecule has 3 heterocycles. The number of amides is 1. The highest BCUT2D eigenvalue weighted by molar-refractivity contribution is 6.33. The van der Waals surface area contributed by atoms with Crippen LogP contribution in [0.2, 0.25) is 5.02 Å². The van der Waals surface area contributed by atoms with Crippen LogP contribution in [0.5, 0.6) is 5.75 Å². The van der Waals surface area contributed by atoms with E-state index in [-0.39, 0.29) is 11.9 Å². The first-order valence-corrected chi connectivity index (χ1v) is 13.9. The number of hydrogen-bond donors (Lipinski definition) is 4. The van der Waals surface area contributed by atoms with Crippen LogP contribution in [-0.4, -0.2) is 76.2 Å². The molecule has 1 unspecified atom stereocenters. The Hall–Kier alpha value is -3.35. The van der Waals surface area contributed by atoms with E-state index < -0.39 is 30.7 Å². The molecule has 2 aromatic carbocycles. The number of hydrogen-bond acceptors (Lipinski definition) is 9. The molecule has 218 valence electrons. The lowest BCUT2D eigenvalue weighted by Crippen LogP contribution is -2.50. The van der Waals surface area contributed by atoms with Gasteiger partial charge in [0, 0.05) is 43.0 Å². The molecule has 41 heavy (non-hydrogen) atoms. The quantitative estimate of drug-likeness (QED) is 0.264. The average molecular weight is 586 g/mol. The van der Waals surface area contributed by atoms with Crippen molar-refractivity contribution >= 4 is 23.5 Å². The summed E-state index contributed by atoms with van der Waals surface area (Å²) in [4.78, 5) is 24.0. The molecule has 0 aliphatic carbocycles. The lowest BCUT2D eigenvalue weighted by molar-refractivity contribution is 0.0196. The van der Waals surface area contributed by atoms with Crippen molar-refractivity contribution < 1.29 is 28.9 Å². The number of aliphatic hydroxyl groups excluding tert-OH is 2. The van der Waals surface area contributed by atoms with Crippen LogP contribution >= 0.6 is 11.6 Å². The van der Waals surface area contributed by atoms with Crippen molar-refractivity contribution in [1.82, 2.24) is 20.2 Å². The van der Waals surface area contributed by atoms with E-state index in [4.69, 9.17) is 21.1 Å². The number of ether oxygens (including phenoxy) is 2. The van der Waals surface area contributed by atoms with Crippen LogP contribution < -0.4 is 15.4 Å². The zero-order chi connectivity index (χ0) is 29.1. The van der Waals surface area contributed by atoms with E-state index in [9.17, 15) is 19.4 Å². The number of carbonyl (C=O) groups is 1. The van der Waals surface area contributed by atoms with E-state index in [1.165, 1.54) is 19.2 Å². The van der Waals surface area contributed by atoms with Gasteiger partial charge in [0.1, 0.15) is 17.8 Å². The number of anilines is 1. The van der Waals surface area contributed by atoms with Gasteiger partial charge in [0.05, 0.1) is 42.7 Å². The minimum absolute atomic E-state index is 0.211. The third kappa shape index (κ3) is 6.44. The molecule has 1 amide bonds. The van der Waals surface area contributed by atoms with Crippen LogP contribution in [0.3, 0.4) is 0 Å².